The van der Waals surface area contributed by atoms with Gasteiger partial charge in [-0.25, -0.2) is 4.98 Å². The van der Waals surface area contributed by atoms with E-state index in [9.17, 15) is 0 Å². The molecule has 0 spiro atoms. The first-order valence-electron chi connectivity index (χ1n) is 4.28. The number of hydrogen-bond acceptors (Lipinski definition) is 2. The van der Waals surface area contributed by atoms with E-state index in [-0.39, 0.29) is 5.92 Å². The standard InChI is InChI=1S/C10H11N3/c1-8(10-11-7-12-13-10)9-5-3-2-4-6-9/h2-8H,1H3,(H,11,12,13). The van der Waals surface area contributed by atoms with Gasteiger partial charge >= 0.3 is 0 Å². The van der Waals surface area contributed by atoms with Crippen LogP contribution in [0.2, 0.25) is 0 Å². The molecule has 1 atom stereocenters. The number of benzene rings is 1. The Morgan fingerprint density at radius 2 is 2.00 bits per heavy atom. The van der Waals surface area contributed by atoms with Gasteiger partial charge in [0.1, 0.15) is 12.2 Å². The number of nitrogens with one attached hydrogen (secondary N) is 1. The lowest BCUT2D eigenvalue weighted by atomic mass is 10.0. The second kappa shape index (κ2) is 3.39. The summed E-state index contributed by atoms with van der Waals surface area (Å²) < 4.78 is 0. The SMILES string of the molecule is CC(c1ccccc1)c1ncn[nH]1. The molecule has 3 nitrogen and oxygen atoms in total. The minimum atomic E-state index is 0.281. The minimum Gasteiger partial charge on any atom is -0.263 e. The van der Waals surface area contributed by atoms with Crippen molar-refractivity contribution in [3.05, 3.63) is 48.0 Å². The van der Waals surface area contributed by atoms with Crippen molar-refractivity contribution in [2.24, 2.45) is 0 Å². The van der Waals surface area contributed by atoms with Crippen molar-refractivity contribution in [3.8, 4) is 0 Å². The molecule has 66 valence electrons. The van der Waals surface area contributed by atoms with E-state index in [1.165, 1.54) is 11.9 Å². The topological polar surface area (TPSA) is 41.6 Å². The molecular weight excluding hydrogens is 162 g/mol. The molecular formula is C10H11N3. The predicted octanol–water partition coefficient (Wildman–Crippen LogP) is 1.96. The van der Waals surface area contributed by atoms with Crippen LogP contribution >= 0.6 is 0 Å². The predicted molar refractivity (Wildman–Crippen MR) is 50.3 cm³/mol. The molecule has 0 amide bonds. The first-order chi connectivity index (χ1) is 6.38. The summed E-state index contributed by atoms with van der Waals surface area (Å²) in [6, 6.07) is 10.3. The maximum Gasteiger partial charge on any atom is 0.137 e. The van der Waals surface area contributed by atoms with Gasteiger partial charge in [0.25, 0.3) is 0 Å². The Hall–Kier alpha value is -1.64. The maximum atomic E-state index is 4.13. The summed E-state index contributed by atoms with van der Waals surface area (Å²) in [5, 5.41) is 6.71. The fourth-order valence-electron chi connectivity index (χ4n) is 1.32. The number of hydrogen-bond donors (Lipinski definition) is 1. The van der Waals surface area contributed by atoms with Crippen LogP contribution in [-0.4, -0.2) is 15.2 Å². The van der Waals surface area contributed by atoms with Gasteiger partial charge in [-0.1, -0.05) is 37.3 Å². The Morgan fingerprint density at radius 1 is 1.23 bits per heavy atom. The van der Waals surface area contributed by atoms with Crippen LogP contribution in [0.25, 0.3) is 0 Å². The molecule has 2 aromatic rings. The fraction of sp³-hybridized carbons (Fsp3) is 0.200. The van der Waals surface area contributed by atoms with E-state index in [0.29, 0.717) is 0 Å². The van der Waals surface area contributed by atoms with E-state index >= 15 is 0 Å². The zero-order valence-corrected chi connectivity index (χ0v) is 7.44. The third-order valence-electron chi connectivity index (χ3n) is 2.14. The third kappa shape index (κ3) is 1.59. The molecule has 1 aromatic heterocycles. The van der Waals surface area contributed by atoms with Crippen molar-refractivity contribution in [3.63, 3.8) is 0 Å². The average molecular weight is 173 g/mol. The Morgan fingerprint density at radius 3 is 2.62 bits per heavy atom. The smallest absolute Gasteiger partial charge is 0.137 e. The summed E-state index contributed by atoms with van der Waals surface area (Å²) in [5.74, 6) is 1.19. The highest BCUT2D eigenvalue weighted by Crippen LogP contribution is 2.19. The van der Waals surface area contributed by atoms with Crippen LogP contribution in [0.4, 0.5) is 0 Å². The molecule has 0 saturated carbocycles. The first kappa shape index (κ1) is 7.98. The zero-order chi connectivity index (χ0) is 9.10. The number of nitrogens with zero attached hydrogens (tertiary/aromatic N) is 2. The monoisotopic (exact) mass is 173 g/mol. The fourth-order valence-corrected chi connectivity index (χ4v) is 1.32. The summed E-state index contributed by atoms with van der Waals surface area (Å²) in [5.41, 5.74) is 1.25. The van der Waals surface area contributed by atoms with Gasteiger partial charge in [-0.15, -0.1) is 0 Å². The van der Waals surface area contributed by atoms with E-state index in [1.54, 1.807) is 0 Å². The van der Waals surface area contributed by atoms with Crippen molar-refractivity contribution >= 4 is 0 Å². The molecule has 0 aliphatic carbocycles. The molecule has 1 unspecified atom stereocenters. The van der Waals surface area contributed by atoms with Crippen molar-refractivity contribution in [1.82, 2.24) is 15.2 Å². The van der Waals surface area contributed by atoms with Crippen molar-refractivity contribution in [1.29, 1.82) is 0 Å². The lowest BCUT2D eigenvalue weighted by Gasteiger charge is -2.06. The van der Waals surface area contributed by atoms with Crippen molar-refractivity contribution in [2.75, 3.05) is 0 Å². The van der Waals surface area contributed by atoms with Gasteiger partial charge in [-0.05, 0) is 5.56 Å². The highest BCUT2D eigenvalue weighted by atomic mass is 15.2. The lowest BCUT2D eigenvalue weighted by molar-refractivity contribution is 0.823. The van der Waals surface area contributed by atoms with Crippen LogP contribution in [0.5, 0.6) is 0 Å². The summed E-state index contributed by atoms with van der Waals surface area (Å²) in [6.45, 7) is 2.11. The molecule has 3 heteroatoms. The summed E-state index contributed by atoms with van der Waals surface area (Å²) in [6.07, 6.45) is 1.54. The van der Waals surface area contributed by atoms with Gasteiger partial charge in [-0.3, -0.25) is 5.10 Å². The Kier molecular flexibility index (Phi) is 2.08. The van der Waals surface area contributed by atoms with Crippen LogP contribution in [0, 0.1) is 0 Å². The van der Waals surface area contributed by atoms with E-state index in [4.69, 9.17) is 0 Å². The molecule has 13 heavy (non-hydrogen) atoms. The second-order valence-electron chi connectivity index (χ2n) is 3.00. The third-order valence-corrected chi connectivity index (χ3v) is 2.14. The highest BCUT2D eigenvalue weighted by molar-refractivity contribution is 5.23. The lowest BCUT2D eigenvalue weighted by Crippen LogP contribution is -1.97. The molecule has 1 heterocycles. The molecule has 0 saturated heterocycles. The molecule has 2 rings (SSSR count). The van der Waals surface area contributed by atoms with E-state index < -0.39 is 0 Å². The Balaban J connectivity index is 2.29. The van der Waals surface area contributed by atoms with Crippen LogP contribution < -0.4 is 0 Å². The molecule has 0 aliphatic heterocycles. The van der Waals surface area contributed by atoms with Crippen LogP contribution in [-0.2, 0) is 0 Å². The van der Waals surface area contributed by atoms with Crippen molar-refractivity contribution < 1.29 is 0 Å². The Labute approximate surface area is 76.8 Å². The van der Waals surface area contributed by atoms with E-state index in [0.717, 1.165) is 5.82 Å². The largest absolute Gasteiger partial charge is 0.263 e. The normalized spacial score (nSPS) is 12.7. The van der Waals surface area contributed by atoms with E-state index in [1.807, 2.05) is 18.2 Å². The van der Waals surface area contributed by atoms with Gasteiger partial charge in [0.15, 0.2) is 0 Å². The number of aromatic nitrogens is 3. The van der Waals surface area contributed by atoms with Gasteiger partial charge in [-0.2, -0.15) is 5.10 Å². The maximum absolute atomic E-state index is 4.13. The quantitative estimate of drug-likeness (QED) is 0.754. The van der Waals surface area contributed by atoms with Crippen LogP contribution in [0.3, 0.4) is 0 Å². The summed E-state index contributed by atoms with van der Waals surface area (Å²) >= 11 is 0. The molecule has 0 radical (unpaired) electrons. The second-order valence-corrected chi connectivity index (χ2v) is 3.00. The van der Waals surface area contributed by atoms with Gasteiger partial charge in [0.05, 0.1) is 0 Å². The Bertz CT molecular complexity index is 353. The molecule has 0 aliphatic rings. The average Bonchev–Trinajstić information content (AvgIpc) is 2.71. The van der Waals surface area contributed by atoms with Gasteiger partial charge < -0.3 is 0 Å². The number of rotatable bonds is 2. The van der Waals surface area contributed by atoms with Gasteiger partial charge in [0.2, 0.25) is 0 Å². The molecule has 1 N–H and O–H groups in total. The summed E-state index contributed by atoms with van der Waals surface area (Å²) in [7, 11) is 0. The highest BCUT2D eigenvalue weighted by Gasteiger charge is 2.09. The zero-order valence-electron chi connectivity index (χ0n) is 7.44. The van der Waals surface area contributed by atoms with Crippen LogP contribution in [0.15, 0.2) is 36.7 Å². The molecule has 1 aromatic carbocycles. The minimum absolute atomic E-state index is 0.281. The van der Waals surface area contributed by atoms with Gasteiger partial charge in [0, 0.05) is 5.92 Å². The summed E-state index contributed by atoms with van der Waals surface area (Å²) in [4.78, 5) is 4.13. The molecule has 0 bridgehead atoms. The number of H-pyrrole nitrogens is 1. The number of aromatic amines is 1. The van der Waals surface area contributed by atoms with E-state index in [2.05, 4.69) is 34.2 Å². The first-order valence-corrected chi connectivity index (χ1v) is 4.28. The van der Waals surface area contributed by atoms with Crippen LogP contribution in [0.1, 0.15) is 24.2 Å². The van der Waals surface area contributed by atoms with Crippen molar-refractivity contribution in [2.45, 2.75) is 12.8 Å². The molecule has 0 fully saturated rings.